The predicted molar refractivity (Wildman–Crippen MR) is 79.2 cm³/mol. The molecule has 102 valence electrons. The molecule has 1 N–H and O–H groups in total. The van der Waals surface area contributed by atoms with Crippen molar-refractivity contribution in [1.82, 2.24) is 0 Å². The third-order valence-corrected chi connectivity index (χ3v) is 3.98. The smallest absolute Gasteiger partial charge is 0.274 e. The Hall–Kier alpha value is -2.36. The molecule has 1 aliphatic heterocycles. The maximum absolute atomic E-state index is 11.0. The third kappa shape index (κ3) is 2.03. The van der Waals surface area contributed by atoms with Crippen molar-refractivity contribution in [2.24, 2.45) is 0 Å². The van der Waals surface area contributed by atoms with Gasteiger partial charge in [0.1, 0.15) is 0 Å². The van der Waals surface area contributed by atoms with Crippen LogP contribution in [0.15, 0.2) is 42.5 Å². The molecule has 0 aromatic heterocycles. The van der Waals surface area contributed by atoms with E-state index in [1.54, 1.807) is 6.07 Å². The molecule has 0 saturated heterocycles. The van der Waals surface area contributed by atoms with Crippen molar-refractivity contribution in [3.63, 3.8) is 0 Å². The Labute approximate surface area is 117 Å². The van der Waals surface area contributed by atoms with Crippen molar-refractivity contribution < 1.29 is 4.92 Å². The van der Waals surface area contributed by atoms with Gasteiger partial charge in [-0.05, 0) is 30.5 Å². The molecule has 2 aromatic carbocycles. The molecule has 20 heavy (non-hydrogen) atoms. The van der Waals surface area contributed by atoms with Crippen LogP contribution in [-0.4, -0.2) is 11.5 Å². The van der Waals surface area contributed by atoms with Gasteiger partial charge in [0.15, 0.2) is 0 Å². The van der Waals surface area contributed by atoms with E-state index in [9.17, 15) is 10.1 Å². The standard InChI is InChI=1S/C16H16N2O2/c1-11-15(18(19)20)8-7-14-13(9-10-17-16(11)14)12-5-3-2-4-6-12/h2-8,13,17H,9-10H2,1H3. The highest BCUT2D eigenvalue weighted by atomic mass is 16.6. The zero-order valence-electron chi connectivity index (χ0n) is 11.3. The molecule has 1 heterocycles. The molecule has 0 radical (unpaired) electrons. The zero-order chi connectivity index (χ0) is 14.1. The average molecular weight is 268 g/mol. The van der Waals surface area contributed by atoms with Gasteiger partial charge in [-0.2, -0.15) is 0 Å². The van der Waals surface area contributed by atoms with E-state index in [-0.39, 0.29) is 10.6 Å². The second-order valence-electron chi connectivity index (χ2n) is 5.11. The summed E-state index contributed by atoms with van der Waals surface area (Å²) in [4.78, 5) is 10.7. The first-order chi connectivity index (χ1) is 9.68. The van der Waals surface area contributed by atoms with E-state index in [0.717, 1.165) is 29.8 Å². The van der Waals surface area contributed by atoms with Crippen LogP contribution in [0.3, 0.4) is 0 Å². The highest BCUT2D eigenvalue weighted by Crippen LogP contribution is 2.40. The number of nitrogens with one attached hydrogen (secondary N) is 1. The van der Waals surface area contributed by atoms with E-state index < -0.39 is 0 Å². The number of nitro benzene ring substituents is 1. The van der Waals surface area contributed by atoms with Gasteiger partial charge in [0.25, 0.3) is 5.69 Å². The van der Waals surface area contributed by atoms with Crippen LogP contribution in [0, 0.1) is 17.0 Å². The summed E-state index contributed by atoms with van der Waals surface area (Å²) in [5.74, 6) is 0.312. The largest absolute Gasteiger partial charge is 0.384 e. The van der Waals surface area contributed by atoms with Crippen LogP contribution in [0.1, 0.15) is 29.0 Å². The van der Waals surface area contributed by atoms with Crippen molar-refractivity contribution in [3.8, 4) is 0 Å². The molecule has 1 atom stereocenters. The number of fused-ring (bicyclic) bond motifs is 1. The Kier molecular flexibility index (Phi) is 3.14. The molecule has 1 unspecified atom stereocenters. The fourth-order valence-corrected chi connectivity index (χ4v) is 2.97. The van der Waals surface area contributed by atoms with Crippen molar-refractivity contribution in [2.75, 3.05) is 11.9 Å². The van der Waals surface area contributed by atoms with Crippen molar-refractivity contribution in [1.29, 1.82) is 0 Å². The monoisotopic (exact) mass is 268 g/mol. The van der Waals surface area contributed by atoms with Crippen LogP contribution in [0.5, 0.6) is 0 Å². The molecule has 4 nitrogen and oxygen atoms in total. The first kappa shape index (κ1) is 12.7. The van der Waals surface area contributed by atoms with E-state index in [0.29, 0.717) is 5.92 Å². The zero-order valence-corrected chi connectivity index (χ0v) is 11.3. The van der Waals surface area contributed by atoms with Gasteiger partial charge < -0.3 is 5.32 Å². The second kappa shape index (κ2) is 4.96. The van der Waals surface area contributed by atoms with Crippen LogP contribution in [-0.2, 0) is 0 Å². The number of benzene rings is 2. The quantitative estimate of drug-likeness (QED) is 0.664. The molecule has 0 saturated carbocycles. The number of nitro groups is 1. The fourth-order valence-electron chi connectivity index (χ4n) is 2.97. The second-order valence-corrected chi connectivity index (χ2v) is 5.11. The summed E-state index contributed by atoms with van der Waals surface area (Å²) in [7, 11) is 0. The molecular weight excluding hydrogens is 252 g/mol. The lowest BCUT2D eigenvalue weighted by atomic mass is 9.84. The first-order valence-electron chi connectivity index (χ1n) is 6.75. The van der Waals surface area contributed by atoms with Crippen LogP contribution in [0.25, 0.3) is 0 Å². The van der Waals surface area contributed by atoms with Gasteiger partial charge in [0.05, 0.1) is 10.5 Å². The molecule has 0 spiro atoms. The number of rotatable bonds is 2. The van der Waals surface area contributed by atoms with Crippen LogP contribution < -0.4 is 5.32 Å². The lowest BCUT2D eigenvalue weighted by molar-refractivity contribution is -0.385. The minimum absolute atomic E-state index is 0.185. The summed E-state index contributed by atoms with van der Waals surface area (Å²) in [6, 6.07) is 13.8. The van der Waals surface area contributed by atoms with E-state index >= 15 is 0 Å². The lowest BCUT2D eigenvalue weighted by Crippen LogP contribution is -2.19. The van der Waals surface area contributed by atoms with E-state index in [1.165, 1.54) is 5.56 Å². The normalized spacial score (nSPS) is 17.1. The summed E-state index contributed by atoms with van der Waals surface area (Å²) < 4.78 is 0. The lowest BCUT2D eigenvalue weighted by Gasteiger charge is -2.28. The van der Waals surface area contributed by atoms with E-state index in [2.05, 4.69) is 17.4 Å². The number of anilines is 1. The summed E-state index contributed by atoms with van der Waals surface area (Å²) in [5, 5.41) is 14.4. The van der Waals surface area contributed by atoms with E-state index in [4.69, 9.17) is 0 Å². The molecule has 2 aromatic rings. The van der Waals surface area contributed by atoms with Crippen LogP contribution >= 0.6 is 0 Å². The first-order valence-corrected chi connectivity index (χ1v) is 6.75. The molecule has 0 fully saturated rings. The Morgan fingerprint density at radius 1 is 1.20 bits per heavy atom. The minimum Gasteiger partial charge on any atom is -0.384 e. The summed E-state index contributed by atoms with van der Waals surface area (Å²) in [6.45, 7) is 2.66. The van der Waals surface area contributed by atoms with Crippen LogP contribution in [0.4, 0.5) is 11.4 Å². The highest BCUT2D eigenvalue weighted by molar-refractivity contribution is 5.68. The van der Waals surface area contributed by atoms with Crippen molar-refractivity contribution in [3.05, 3.63) is 69.3 Å². The predicted octanol–water partition coefficient (Wildman–Crippen LogP) is 3.85. The highest BCUT2D eigenvalue weighted by Gasteiger charge is 2.26. The van der Waals surface area contributed by atoms with Gasteiger partial charge in [-0.3, -0.25) is 10.1 Å². The summed E-state index contributed by atoms with van der Waals surface area (Å²) in [5.41, 5.74) is 4.27. The SMILES string of the molecule is Cc1c([N+](=O)[O-])ccc2c1NCCC2c1ccccc1. The van der Waals surface area contributed by atoms with Gasteiger partial charge in [-0.25, -0.2) is 0 Å². The van der Waals surface area contributed by atoms with Crippen LogP contribution in [0.2, 0.25) is 0 Å². The van der Waals surface area contributed by atoms with Gasteiger partial charge in [-0.1, -0.05) is 30.3 Å². The topological polar surface area (TPSA) is 55.2 Å². The molecule has 0 amide bonds. The van der Waals surface area contributed by atoms with Crippen molar-refractivity contribution in [2.45, 2.75) is 19.3 Å². The summed E-state index contributed by atoms with van der Waals surface area (Å²) in [6.07, 6.45) is 1.01. The molecule has 3 rings (SSSR count). The average Bonchev–Trinajstić information content (AvgIpc) is 2.48. The summed E-state index contributed by atoms with van der Waals surface area (Å²) >= 11 is 0. The van der Waals surface area contributed by atoms with Gasteiger partial charge in [0, 0.05) is 24.2 Å². The molecule has 1 aliphatic rings. The Morgan fingerprint density at radius 2 is 1.95 bits per heavy atom. The Bertz CT molecular complexity index is 653. The fraction of sp³-hybridized carbons (Fsp3) is 0.250. The van der Waals surface area contributed by atoms with E-state index in [1.807, 2.05) is 31.2 Å². The van der Waals surface area contributed by atoms with Gasteiger partial charge in [0.2, 0.25) is 0 Å². The Balaban J connectivity index is 2.11. The number of nitrogens with zero attached hydrogens (tertiary/aromatic N) is 1. The Morgan fingerprint density at radius 3 is 2.65 bits per heavy atom. The molecule has 0 aliphatic carbocycles. The molecule has 0 bridgehead atoms. The minimum atomic E-state index is -0.316. The number of hydrogen-bond donors (Lipinski definition) is 1. The van der Waals surface area contributed by atoms with Gasteiger partial charge in [-0.15, -0.1) is 0 Å². The maximum Gasteiger partial charge on any atom is 0.274 e. The van der Waals surface area contributed by atoms with Crippen molar-refractivity contribution >= 4 is 11.4 Å². The maximum atomic E-state index is 11.0. The van der Waals surface area contributed by atoms with Gasteiger partial charge >= 0.3 is 0 Å². The molecular formula is C16H16N2O2. The third-order valence-electron chi connectivity index (χ3n) is 3.98. The molecule has 4 heteroatoms. The number of hydrogen-bond acceptors (Lipinski definition) is 3.